The van der Waals surface area contributed by atoms with Gasteiger partial charge in [0.05, 0.1) is 18.2 Å². The summed E-state index contributed by atoms with van der Waals surface area (Å²) < 4.78 is 41.5. The molecule has 0 aliphatic heterocycles. The molecule has 1 aromatic heterocycles. The second kappa shape index (κ2) is 12.6. The molecule has 3 aromatic carbocycles. The Kier molecular flexibility index (Phi) is 8.77. The maximum Gasteiger partial charge on any atom is 0.573 e. The van der Waals surface area contributed by atoms with Gasteiger partial charge in [0.1, 0.15) is 5.75 Å². The van der Waals surface area contributed by atoms with Crippen molar-refractivity contribution in [3.8, 4) is 17.0 Å². The summed E-state index contributed by atoms with van der Waals surface area (Å²) in [5.41, 5.74) is 6.30. The summed E-state index contributed by atoms with van der Waals surface area (Å²) in [6.07, 6.45) is -0.524. The molecule has 1 unspecified atom stereocenters. The molecule has 7 nitrogen and oxygen atoms in total. The van der Waals surface area contributed by atoms with E-state index in [0.717, 1.165) is 30.4 Å². The molecule has 1 aliphatic carbocycles. The lowest BCUT2D eigenvalue weighted by Gasteiger charge is -2.23. The van der Waals surface area contributed by atoms with Gasteiger partial charge in [0, 0.05) is 23.1 Å². The Bertz CT molecular complexity index is 1550. The van der Waals surface area contributed by atoms with Crippen LogP contribution in [0.25, 0.3) is 11.3 Å². The van der Waals surface area contributed by atoms with Gasteiger partial charge in [0.15, 0.2) is 5.13 Å². The average Bonchev–Trinajstić information content (AvgIpc) is 3.44. The predicted octanol–water partition coefficient (Wildman–Crippen LogP) is 6.99. The lowest BCUT2D eigenvalue weighted by Crippen LogP contribution is -2.26. The van der Waals surface area contributed by atoms with Crippen LogP contribution in [0.1, 0.15) is 57.9 Å². The number of alkyl halides is 3. The first kappa shape index (κ1) is 29.1. The van der Waals surface area contributed by atoms with Gasteiger partial charge in [-0.2, -0.15) is 0 Å². The number of thiazole rings is 1. The average molecular weight is 596 g/mol. The molecule has 0 saturated heterocycles. The van der Waals surface area contributed by atoms with E-state index < -0.39 is 12.3 Å². The van der Waals surface area contributed by atoms with Crippen LogP contribution in [0.3, 0.4) is 0 Å². The van der Waals surface area contributed by atoms with Crippen LogP contribution in [0.4, 0.5) is 18.3 Å². The van der Waals surface area contributed by atoms with Crippen LogP contribution in [0, 0.1) is 0 Å². The number of aliphatic carboxylic acids is 1. The summed E-state index contributed by atoms with van der Waals surface area (Å²) in [4.78, 5) is 27.9. The summed E-state index contributed by atoms with van der Waals surface area (Å²) in [5, 5.41) is 17.4. The van der Waals surface area contributed by atoms with E-state index in [1.54, 1.807) is 12.1 Å². The Balaban J connectivity index is 1.38. The maximum absolute atomic E-state index is 12.5. The van der Waals surface area contributed by atoms with Gasteiger partial charge < -0.3 is 20.5 Å². The van der Waals surface area contributed by atoms with Gasteiger partial charge in [-0.05, 0) is 84.3 Å². The Morgan fingerprint density at radius 1 is 0.952 bits per heavy atom. The molecule has 3 N–H and O–H groups in total. The molecule has 5 rings (SSSR count). The highest BCUT2D eigenvalue weighted by atomic mass is 32.1. The second-order valence-electron chi connectivity index (χ2n) is 9.94. The van der Waals surface area contributed by atoms with Crippen molar-refractivity contribution in [2.24, 2.45) is 0 Å². The Morgan fingerprint density at radius 3 is 2.33 bits per heavy atom. The molecule has 1 heterocycles. The van der Waals surface area contributed by atoms with Gasteiger partial charge >= 0.3 is 12.3 Å². The van der Waals surface area contributed by atoms with Crippen LogP contribution in [0.5, 0.6) is 5.75 Å². The number of carbonyl (C=O) groups excluding carboxylic acids is 1. The van der Waals surface area contributed by atoms with Crippen LogP contribution >= 0.6 is 11.3 Å². The van der Waals surface area contributed by atoms with E-state index in [1.165, 1.54) is 53.1 Å². The quantitative estimate of drug-likeness (QED) is 0.183. The molecule has 1 aliphatic rings. The fourth-order valence-corrected chi connectivity index (χ4v) is 5.68. The van der Waals surface area contributed by atoms with E-state index >= 15 is 0 Å². The van der Waals surface area contributed by atoms with Crippen molar-refractivity contribution in [2.45, 2.75) is 44.5 Å². The number of carboxylic acids is 1. The van der Waals surface area contributed by atoms with Gasteiger partial charge in [-0.1, -0.05) is 30.3 Å². The number of rotatable bonds is 10. The molecule has 0 fully saturated rings. The summed E-state index contributed by atoms with van der Waals surface area (Å²) in [7, 11) is 0. The fourth-order valence-electron chi connectivity index (χ4n) is 4.93. The van der Waals surface area contributed by atoms with Gasteiger partial charge in [0.25, 0.3) is 5.91 Å². The third-order valence-electron chi connectivity index (χ3n) is 6.99. The van der Waals surface area contributed by atoms with Gasteiger partial charge in [-0.15, -0.1) is 24.5 Å². The van der Waals surface area contributed by atoms with E-state index in [1.807, 2.05) is 17.5 Å². The SMILES string of the molecule is O=C(O)CCNC(=O)c1ccc(C(Nc2nc(-c3ccc(OC(F)(F)F)cc3)cs2)c2ccc3c(c2)CCCC3)cc1. The summed E-state index contributed by atoms with van der Waals surface area (Å²) in [6, 6.07) is 18.9. The monoisotopic (exact) mass is 595 g/mol. The first-order valence-electron chi connectivity index (χ1n) is 13.4. The van der Waals surface area contributed by atoms with Gasteiger partial charge in [0.2, 0.25) is 0 Å². The zero-order chi connectivity index (χ0) is 29.7. The number of aromatic nitrogens is 1. The predicted molar refractivity (Wildman–Crippen MR) is 154 cm³/mol. The van der Waals surface area contributed by atoms with Crippen LogP contribution in [-0.4, -0.2) is 34.9 Å². The smallest absolute Gasteiger partial charge is 0.481 e. The van der Waals surface area contributed by atoms with Crippen molar-refractivity contribution in [3.63, 3.8) is 0 Å². The number of nitrogens with one attached hydrogen (secondary N) is 2. The Hall–Kier alpha value is -4.38. The number of fused-ring (bicyclic) bond motifs is 1. The molecule has 0 saturated carbocycles. The van der Waals surface area contributed by atoms with E-state index in [4.69, 9.17) is 5.11 Å². The molecule has 1 amide bonds. The Morgan fingerprint density at radius 2 is 1.64 bits per heavy atom. The molecule has 4 aromatic rings. The minimum absolute atomic E-state index is 0.0414. The van der Waals surface area contributed by atoms with Crippen molar-refractivity contribution in [1.82, 2.24) is 10.3 Å². The first-order chi connectivity index (χ1) is 20.1. The standard InChI is InChI=1S/C31H28F3N3O4S/c32-31(33,34)41-25-13-11-20(12-14-25)26-18-42-30(36-26)37-28(24-10-5-19-3-1-2-4-23(19)17-24)21-6-8-22(9-7-21)29(40)35-16-15-27(38)39/h5-14,17-18,28H,1-4,15-16H2,(H,35,40)(H,36,37)(H,38,39). The summed E-state index contributed by atoms with van der Waals surface area (Å²) in [6.45, 7) is 0.0414. The minimum Gasteiger partial charge on any atom is -0.481 e. The molecule has 0 bridgehead atoms. The molecule has 0 radical (unpaired) electrons. The fraction of sp³-hybridized carbons (Fsp3) is 0.258. The third kappa shape index (κ3) is 7.47. The number of ether oxygens (including phenoxy) is 1. The van der Waals surface area contributed by atoms with Crippen LogP contribution in [0.15, 0.2) is 72.1 Å². The first-order valence-corrected chi connectivity index (χ1v) is 14.3. The molecule has 42 heavy (non-hydrogen) atoms. The van der Waals surface area contributed by atoms with Crippen molar-refractivity contribution < 1.29 is 32.6 Å². The molecular weight excluding hydrogens is 567 g/mol. The maximum atomic E-state index is 12.5. The number of benzene rings is 3. The lowest BCUT2D eigenvalue weighted by atomic mass is 9.88. The Labute approximate surface area is 244 Å². The van der Waals surface area contributed by atoms with E-state index in [-0.39, 0.29) is 30.7 Å². The highest BCUT2D eigenvalue weighted by molar-refractivity contribution is 7.14. The number of anilines is 1. The summed E-state index contributed by atoms with van der Waals surface area (Å²) >= 11 is 1.38. The number of carbonyl (C=O) groups is 2. The normalized spacial score (nSPS) is 13.6. The number of hydrogen-bond donors (Lipinski definition) is 3. The lowest BCUT2D eigenvalue weighted by molar-refractivity contribution is -0.274. The molecule has 11 heteroatoms. The summed E-state index contributed by atoms with van der Waals surface area (Å²) in [5.74, 6) is -1.63. The number of nitrogens with zero attached hydrogens (tertiary/aromatic N) is 1. The largest absolute Gasteiger partial charge is 0.573 e. The van der Waals surface area contributed by atoms with Gasteiger partial charge in [-0.25, -0.2) is 4.98 Å². The van der Waals surface area contributed by atoms with Crippen LogP contribution in [0.2, 0.25) is 0 Å². The number of aryl methyl sites for hydroxylation is 2. The third-order valence-corrected chi connectivity index (χ3v) is 7.77. The number of halogens is 3. The van der Waals surface area contributed by atoms with Crippen molar-refractivity contribution in [3.05, 3.63) is 99.9 Å². The zero-order valence-corrected chi connectivity index (χ0v) is 23.2. The number of hydrogen-bond acceptors (Lipinski definition) is 6. The highest BCUT2D eigenvalue weighted by Crippen LogP contribution is 2.34. The highest BCUT2D eigenvalue weighted by Gasteiger charge is 2.31. The van der Waals surface area contributed by atoms with Crippen molar-refractivity contribution in [2.75, 3.05) is 11.9 Å². The molecule has 1 atom stereocenters. The van der Waals surface area contributed by atoms with E-state index in [9.17, 15) is 22.8 Å². The van der Waals surface area contributed by atoms with Crippen LogP contribution < -0.4 is 15.4 Å². The molecular formula is C31H28F3N3O4S. The van der Waals surface area contributed by atoms with E-state index in [2.05, 4.69) is 38.6 Å². The van der Waals surface area contributed by atoms with Crippen molar-refractivity contribution >= 4 is 28.3 Å². The molecule has 0 spiro atoms. The number of carboxylic acid groups (broad SMARTS) is 1. The zero-order valence-electron chi connectivity index (χ0n) is 22.4. The molecule has 218 valence electrons. The topological polar surface area (TPSA) is 101 Å². The van der Waals surface area contributed by atoms with E-state index in [0.29, 0.717) is 22.0 Å². The van der Waals surface area contributed by atoms with Crippen LogP contribution in [-0.2, 0) is 17.6 Å². The van der Waals surface area contributed by atoms with Gasteiger partial charge in [-0.3, -0.25) is 9.59 Å². The minimum atomic E-state index is -4.76. The van der Waals surface area contributed by atoms with Crippen molar-refractivity contribution in [1.29, 1.82) is 0 Å². The second-order valence-corrected chi connectivity index (χ2v) is 10.8. The number of amides is 1.